The molecule has 4 aliphatic rings. The average molecular weight is 471 g/mol. The van der Waals surface area contributed by atoms with Crippen LogP contribution in [0.1, 0.15) is 55.2 Å². The fourth-order valence-electron chi connectivity index (χ4n) is 6.21. The Labute approximate surface area is 207 Å². The average Bonchev–Trinajstić information content (AvgIpc) is 3.37. The molecule has 3 aliphatic carbocycles. The maximum Gasteiger partial charge on any atom is 0.169 e. The summed E-state index contributed by atoms with van der Waals surface area (Å²) < 4.78 is 17.6. The predicted molar refractivity (Wildman–Crippen MR) is 138 cm³/mol. The minimum atomic E-state index is -0.237. The van der Waals surface area contributed by atoms with E-state index in [0.717, 1.165) is 64.1 Å². The third kappa shape index (κ3) is 4.70. The van der Waals surface area contributed by atoms with Crippen LogP contribution < -0.4 is 0 Å². The van der Waals surface area contributed by atoms with Crippen molar-refractivity contribution in [1.29, 1.82) is 0 Å². The minimum absolute atomic E-state index is 0.237. The number of hydrogen-bond donors (Lipinski definition) is 1. The highest BCUT2D eigenvalue weighted by atomic mass is 16.7. The van der Waals surface area contributed by atoms with E-state index in [1.54, 1.807) is 0 Å². The Hall–Kier alpha value is -2.82. The summed E-state index contributed by atoms with van der Waals surface area (Å²) in [6, 6.07) is 16.6. The highest BCUT2D eigenvalue weighted by molar-refractivity contribution is 5.95. The zero-order valence-electron chi connectivity index (χ0n) is 20.2. The number of aromatic hydroxyl groups is 1. The minimum Gasteiger partial charge on any atom is -0.508 e. The molecule has 2 fully saturated rings. The molecule has 4 nitrogen and oxygen atoms in total. The molecule has 2 aromatic carbocycles. The van der Waals surface area contributed by atoms with E-state index in [0.29, 0.717) is 17.6 Å². The third-order valence-corrected chi connectivity index (χ3v) is 7.95. The molecule has 0 radical (unpaired) electrons. The van der Waals surface area contributed by atoms with Crippen LogP contribution in [0.3, 0.4) is 0 Å². The molecule has 1 N–H and O–H groups in total. The van der Waals surface area contributed by atoms with Crippen LogP contribution in [-0.4, -0.2) is 30.7 Å². The molecule has 1 saturated carbocycles. The van der Waals surface area contributed by atoms with E-state index in [2.05, 4.69) is 54.6 Å². The molecule has 1 spiro atoms. The van der Waals surface area contributed by atoms with Crippen molar-refractivity contribution in [2.45, 2.75) is 50.7 Å². The SMILES string of the molecule is Oc1ccc2c(c1)CCC(c1ccccc1)=C2C1C=CC(OCCCC2CC3(C2)OCCO3)=CC1. The van der Waals surface area contributed by atoms with Gasteiger partial charge in [-0.1, -0.05) is 42.5 Å². The lowest BCUT2D eigenvalue weighted by atomic mass is 9.75. The van der Waals surface area contributed by atoms with Crippen molar-refractivity contribution >= 4 is 11.1 Å². The number of allylic oxidation sites excluding steroid dienone is 5. The molecule has 1 saturated heterocycles. The van der Waals surface area contributed by atoms with Crippen LogP contribution in [0.15, 0.2) is 72.5 Å². The number of hydrogen-bond acceptors (Lipinski definition) is 4. The van der Waals surface area contributed by atoms with Crippen molar-refractivity contribution in [3.8, 4) is 5.75 Å². The molecule has 1 atom stereocenters. The molecule has 182 valence electrons. The summed E-state index contributed by atoms with van der Waals surface area (Å²) in [7, 11) is 0. The van der Waals surface area contributed by atoms with Gasteiger partial charge in [-0.25, -0.2) is 0 Å². The number of benzene rings is 2. The standard InChI is InChI=1S/C31H34O4/c32-26-11-15-29-25(19-26)10-14-28(23-6-2-1-3-7-23)30(29)24-8-12-27(13-9-24)33-16-4-5-22-20-31(21-22)34-17-18-35-31/h1-3,6-8,11-13,15,19,22,24,32H,4-5,9-10,14,16-18,20-21H2. The van der Waals surface area contributed by atoms with E-state index in [1.165, 1.54) is 34.3 Å². The normalized spacial score (nSPS) is 23.2. The first-order chi connectivity index (χ1) is 17.2. The second kappa shape index (κ2) is 9.67. The topological polar surface area (TPSA) is 47.9 Å². The zero-order valence-corrected chi connectivity index (χ0v) is 20.2. The van der Waals surface area contributed by atoms with E-state index in [1.807, 2.05) is 12.1 Å². The first-order valence-corrected chi connectivity index (χ1v) is 13.1. The van der Waals surface area contributed by atoms with Crippen LogP contribution >= 0.6 is 0 Å². The highest BCUT2D eigenvalue weighted by Gasteiger charge is 2.48. The molecule has 35 heavy (non-hydrogen) atoms. The second-order valence-corrected chi connectivity index (χ2v) is 10.3. The van der Waals surface area contributed by atoms with Gasteiger partial charge in [-0.15, -0.1) is 0 Å². The number of ether oxygens (including phenoxy) is 3. The molecule has 1 heterocycles. The van der Waals surface area contributed by atoms with Crippen molar-refractivity contribution in [3.05, 3.63) is 89.2 Å². The van der Waals surface area contributed by atoms with Gasteiger partial charge in [-0.05, 0) is 90.1 Å². The van der Waals surface area contributed by atoms with E-state index < -0.39 is 0 Å². The van der Waals surface area contributed by atoms with Gasteiger partial charge in [0.25, 0.3) is 0 Å². The van der Waals surface area contributed by atoms with Crippen LogP contribution in [0.4, 0.5) is 0 Å². The summed E-state index contributed by atoms with van der Waals surface area (Å²) in [5.41, 5.74) is 6.62. The molecular formula is C31H34O4. The second-order valence-electron chi connectivity index (χ2n) is 10.3. The molecule has 0 amide bonds. The molecule has 1 unspecified atom stereocenters. The van der Waals surface area contributed by atoms with E-state index in [4.69, 9.17) is 14.2 Å². The zero-order chi connectivity index (χ0) is 23.7. The summed E-state index contributed by atoms with van der Waals surface area (Å²) in [6.07, 6.45) is 13.9. The van der Waals surface area contributed by atoms with Crippen molar-refractivity contribution < 1.29 is 19.3 Å². The molecular weight excluding hydrogens is 436 g/mol. The van der Waals surface area contributed by atoms with Gasteiger partial charge >= 0.3 is 0 Å². The van der Waals surface area contributed by atoms with Gasteiger partial charge in [-0.3, -0.25) is 0 Å². The maximum atomic E-state index is 10.0. The van der Waals surface area contributed by atoms with Gasteiger partial charge in [0.15, 0.2) is 5.79 Å². The third-order valence-electron chi connectivity index (χ3n) is 7.95. The molecule has 0 aromatic heterocycles. The van der Waals surface area contributed by atoms with Gasteiger partial charge in [0.1, 0.15) is 11.5 Å². The highest BCUT2D eigenvalue weighted by Crippen LogP contribution is 2.46. The van der Waals surface area contributed by atoms with E-state index >= 15 is 0 Å². The summed E-state index contributed by atoms with van der Waals surface area (Å²) >= 11 is 0. The number of phenols is 1. The summed E-state index contributed by atoms with van der Waals surface area (Å²) in [5.74, 6) is 2.10. The lowest BCUT2D eigenvalue weighted by Gasteiger charge is -2.43. The Balaban J connectivity index is 1.10. The number of fused-ring (bicyclic) bond motifs is 1. The fourth-order valence-corrected chi connectivity index (χ4v) is 6.21. The van der Waals surface area contributed by atoms with Crippen molar-refractivity contribution in [2.75, 3.05) is 19.8 Å². The Morgan fingerprint density at radius 2 is 1.83 bits per heavy atom. The van der Waals surface area contributed by atoms with Gasteiger partial charge in [-0.2, -0.15) is 0 Å². The number of phenolic OH excluding ortho intramolecular Hbond substituents is 1. The van der Waals surface area contributed by atoms with Gasteiger partial charge < -0.3 is 19.3 Å². The first kappa shape index (κ1) is 22.6. The van der Waals surface area contributed by atoms with Crippen LogP contribution in [0.25, 0.3) is 11.1 Å². The quantitative estimate of drug-likeness (QED) is 0.460. The molecule has 0 bridgehead atoms. The van der Waals surface area contributed by atoms with Crippen LogP contribution in [0.5, 0.6) is 5.75 Å². The molecule has 1 aliphatic heterocycles. The molecule has 6 rings (SSSR count). The fraction of sp³-hybridized carbons (Fsp3) is 0.419. The van der Waals surface area contributed by atoms with Crippen LogP contribution in [-0.2, 0) is 20.6 Å². The van der Waals surface area contributed by atoms with Gasteiger partial charge in [0.05, 0.1) is 19.8 Å². The van der Waals surface area contributed by atoms with Gasteiger partial charge in [0.2, 0.25) is 0 Å². The Morgan fingerprint density at radius 1 is 1.00 bits per heavy atom. The summed E-state index contributed by atoms with van der Waals surface area (Å²) in [4.78, 5) is 0. The van der Waals surface area contributed by atoms with Crippen LogP contribution in [0, 0.1) is 11.8 Å². The molecule has 2 aromatic rings. The predicted octanol–water partition coefficient (Wildman–Crippen LogP) is 6.66. The Bertz CT molecular complexity index is 1150. The smallest absolute Gasteiger partial charge is 0.169 e. The Morgan fingerprint density at radius 3 is 2.60 bits per heavy atom. The van der Waals surface area contributed by atoms with Crippen molar-refractivity contribution in [1.82, 2.24) is 0 Å². The molecule has 4 heteroatoms. The van der Waals surface area contributed by atoms with E-state index in [-0.39, 0.29) is 5.79 Å². The summed E-state index contributed by atoms with van der Waals surface area (Å²) in [5, 5.41) is 10.0. The maximum absolute atomic E-state index is 10.0. The van der Waals surface area contributed by atoms with Gasteiger partial charge in [0, 0.05) is 18.8 Å². The lowest BCUT2D eigenvalue weighted by molar-refractivity contribution is -0.231. The Kier molecular flexibility index (Phi) is 6.26. The monoisotopic (exact) mass is 470 g/mol. The number of aryl methyl sites for hydroxylation is 1. The largest absolute Gasteiger partial charge is 0.508 e. The van der Waals surface area contributed by atoms with Crippen molar-refractivity contribution in [3.63, 3.8) is 0 Å². The number of rotatable bonds is 7. The van der Waals surface area contributed by atoms with Crippen molar-refractivity contribution in [2.24, 2.45) is 11.8 Å². The van der Waals surface area contributed by atoms with E-state index in [9.17, 15) is 5.11 Å². The summed E-state index contributed by atoms with van der Waals surface area (Å²) in [6.45, 7) is 2.25. The van der Waals surface area contributed by atoms with Crippen LogP contribution in [0.2, 0.25) is 0 Å². The lowest BCUT2D eigenvalue weighted by Crippen LogP contribution is -2.44. The first-order valence-electron chi connectivity index (χ1n) is 13.1.